The van der Waals surface area contributed by atoms with Gasteiger partial charge in [-0.1, -0.05) is 29.9 Å². The SMILES string of the molecule is C/C(=C(/C#N)C(N)=S)N1CCN(c2ccc(C)cc2)CC1. The van der Waals surface area contributed by atoms with Crippen molar-refractivity contribution in [2.24, 2.45) is 5.73 Å². The van der Waals surface area contributed by atoms with Crippen molar-refractivity contribution < 1.29 is 0 Å². The summed E-state index contributed by atoms with van der Waals surface area (Å²) < 4.78 is 0. The molecule has 0 unspecified atom stereocenters. The Morgan fingerprint density at radius 1 is 1.19 bits per heavy atom. The average Bonchev–Trinajstić information content (AvgIpc) is 2.48. The molecule has 110 valence electrons. The normalized spacial score (nSPS) is 16.2. The number of nitriles is 1. The molecule has 1 saturated heterocycles. The van der Waals surface area contributed by atoms with Gasteiger partial charge >= 0.3 is 0 Å². The number of hydrogen-bond donors (Lipinski definition) is 1. The van der Waals surface area contributed by atoms with Crippen molar-refractivity contribution in [3.8, 4) is 6.07 Å². The lowest BCUT2D eigenvalue weighted by atomic mass is 10.1. The predicted octanol–water partition coefficient (Wildman–Crippen LogP) is 2.20. The highest BCUT2D eigenvalue weighted by Gasteiger charge is 2.19. The van der Waals surface area contributed by atoms with Crippen molar-refractivity contribution >= 4 is 22.9 Å². The fourth-order valence-corrected chi connectivity index (χ4v) is 2.72. The Hall–Kier alpha value is -2.06. The molecule has 1 fully saturated rings. The Kier molecular flexibility index (Phi) is 4.81. The van der Waals surface area contributed by atoms with E-state index < -0.39 is 0 Å². The molecular weight excluding hydrogens is 280 g/mol. The van der Waals surface area contributed by atoms with Crippen LogP contribution >= 0.6 is 12.2 Å². The highest BCUT2D eigenvalue weighted by Crippen LogP contribution is 2.19. The molecule has 1 aromatic rings. The van der Waals surface area contributed by atoms with E-state index in [9.17, 15) is 0 Å². The summed E-state index contributed by atoms with van der Waals surface area (Å²) >= 11 is 4.93. The van der Waals surface area contributed by atoms with Gasteiger partial charge in [0.05, 0.1) is 0 Å². The van der Waals surface area contributed by atoms with Crippen LogP contribution in [0.4, 0.5) is 5.69 Å². The molecule has 2 N–H and O–H groups in total. The monoisotopic (exact) mass is 300 g/mol. The summed E-state index contributed by atoms with van der Waals surface area (Å²) in [5.41, 5.74) is 9.43. The number of anilines is 1. The minimum absolute atomic E-state index is 0.177. The van der Waals surface area contributed by atoms with E-state index in [1.54, 1.807) is 0 Å². The second-order valence-electron chi connectivity index (χ2n) is 5.25. The third kappa shape index (κ3) is 3.53. The topological polar surface area (TPSA) is 56.3 Å². The van der Waals surface area contributed by atoms with E-state index in [1.165, 1.54) is 11.3 Å². The quantitative estimate of drug-likeness (QED) is 0.527. The summed E-state index contributed by atoms with van der Waals surface area (Å²) in [4.78, 5) is 4.72. The number of piperazine rings is 1. The molecule has 1 aliphatic rings. The number of allylic oxidation sites excluding steroid dienone is 1. The van der Waals surface area contributed by atoms with E-state index in [-0.39, 0.29) is 4.99 Å². The Morgan fingerprint density at radius 3 is 2.24 bits per heavy atom. The van der Waals surface area contributed by atoms with Crippen LogP contribution in [0.25, 0.3) is 0 Å². The molecule has 0 radical (unpaired) electrons. The predicted molar refractivity (Wildman–Crippen MR) is 90.1 cm³/mol. The van der Waals surface area contributed by atoms with Gasteiger partial charge in [0.25, 0.3) is 0 Å². The molecule has 0 saturated carbocycles. The highest BCUT2D eigenvalue weighted by atomic mass is 32.1. The van der Waals surface area contributed by atoms with Gasteiger partial charge in [-0.2, -0.15) is 5.26 Å². The van der Waals surface area contributed by atoms with Crippen LogP contribution in [0.1, 0.15) is 12.5 Å². The van der Waals surface area contributed by atoms with Crippen LogP contribution in [0.5, 0.6) is 0 Å². The fraction of sp³-hybridized carbons (Fsp3) is 0.375. The molecule has 0 bridgehead atoms. The van der Waals surface area contributed by atoms with Crippen molar-refractivity contribution in [3.05, 3.63) is 41.1 Å². The Morgan fingerprint density at radius 2 is 1.76 bits per heavy atom. The molecule has 0 aromatic heterocycles. The van der Waals surface area contributed by atoms with Crippen molar-refractivity contribution in [2.45, 2.75) is 13.8 Å². The number of aryl methyl sites for hydroxylation is 1. The molecule has 0 amide bonds. The van der Waals surface area contributed by atoms with Crippen LogP contribution < -0.4 is 10.6 Å². The van der Waals surface area contributed by atoms with Crippen LogP contribution in [0.15, 0.2) is 35.5 Å². The summed E-state index contributed by atoms with van der Waals surface area (Å²) in [5, 5.41) is 9.14. The van der Waals surface area contributed by atoms with E-state index in [0.717, 1.165) is 31.9 Å². The zero-order chi connectivity index (χ0) is 15.4. The molecule has 1 aliphatic heterocycles. The van der Waals surface area contributed by atoms with Crippen molar-refractivity contribution in [1.82, 2.24) is 4.90 Å². The van der Waals surface area contributed by atoms with Gasteiger partial charge in [0.2, 0.25) is 0 Å². The second kappa shape index (κ2) is 6.59. The van der Waals surface area contributed by atoms with Gasteiger partial charge in [-0.05, 0) is 26.0 Å². The van der Waals surface area contributed by atoms with Crippen LogP contribution in [0.2, 0.25) is 0 Å². The minimum atomic E-state index is 0.177. The van der Waals surface area contributed by atoms with Crippen LogP contribution in [-0.2, 0) is 0 Å². The fourth-order valence-electron chi connectivity index (χ4n) is 2.53. The second-order valence-corrected chi connectivity index (χ2v) is 5.69. The summed E-state index contributed by atoms with van der Waals surface area (Å²) in [6.45, 7) is 7.60. The number of thiocarbonyl (C=S) groups is 1. The minimum Gasteiger partial charge on any atom is -0.389 e. The highest BCUT2D eigenvalue weighted by molar-refractivity contribution is 7.80. The average molecular weight is 300 g/mol. The van der Waals surface area contributed by atoms with E-state index in [4.69, 9.17) is 23.2 Å². The molecule has 2 rings (SSSR count). The number of hydrogen-bond acceptors (Lipinski definition) is 4. The summed E-state index contributed by atoms with van der Waals surface area (Å²) in [6.07, 6.45) is 0. The van der Waals surface area contributed by atoms with Gasteiger partial charge in [-0.3, -0.25) is 0 Å². The largest absolute Gasteiger partial charge is 0.389 e. The van der Waals surface area contributed by atoms with E-state index in [1.807, 2.05) is 6.92 Å². The van der Waals surface area contributed by atoms with Gasteiger partial charge in [-0.15, -0.1) is 0 Å². The van der Waals surface area contributed by atoms with Crippen LogP contribution in [-0.4, -0.2) is 36.1 Å². The number of benzene rings is 1. The maximum absolute atomic E-state index is 9.14. The van der Waals surface area contributed by atoms with Crippen molar-refractivity contribution in [2.75, 3.05) is 31.1 Å². The van der Waals surface area contributed by atoms with Crippen LogP contribution in [0.3, 0.4) is 0 Å². The number of rotatable bonds is 3. The third-order valence-corrected chi connectivity index (χ3v) is 4.08. The van der Waals surface area contributed by atoms with E-state index in [2.05, 4.69) is 47.1 Å². The zero-order valence-electron chi connectivity index (χ0n) is 12.5. The van der Waals surface area contributed by atoms with Crippen molar-refractivity contribution in [1.29, 1.82) is 5.26 Å². The lowest BCUT2D eigenvalue weighted by Crippen LogP contribution is -2.46. The lowest BCUT2D eigenvalue weighted by Gasteiger charge is -2.38. The lowest BCUT2D eigenvalue weighted by molar-refractivity contribution is 0.321. The Labute approximate surface area is 131 Å². The summed E-state index contributed by atoms with van der Waals surface area (Å²) in [6, 6.07) is 10.7. The molecule has 0 aliphatic carbocycles. The standard InChI is InChI=1S/C16H20N4S/c1-12-3-5-14(6-4-12)20-9-7-19(8-10-20)13(2)15(11-17)16(18)21/h3-6H,7-10H2,1-2H3,(H2,18,21)/b15-13+. The molecular formula is C16H20N4S. The van der Waals surface area contributed by atoms with Gasteiger partial charge in [0, 0.05) is 37.6 Å². The first kappa shape index (κ1) is 15.3. The van der Waals surface area contributed by atoms with Gasteiger partial charge in [-0.25, -0.2) is 0 Å². The first-order valence-electron chi connectivity index (χ1n) is 7.00. The van der Waals surface area contributed by atoms with E-state index in [0.29, 0.717) is 5.57 Å². The Bertz CT molecular complexity index is 590. The molecule has 0 spiro atoms. The molecule has 1 aromatic carbocycles. The maximum Gasteiger partial charge on any atom is 0.116 e. The smallest absolute Gasteiger partial charge is 0.116 e. The summed E-state index contributed by atoms with van der Waals surface area (Å²) in [5.74, 6) is 0. The number of nitrogens with zero attached hydrogens (tertiary/aromatic N) is 3. The zero-order valence-corrected chi connectivity index (χ0v) is 13.3. The van der Waals surface area contributed by atoms with Crippen molar-refractivity contribution in [3.63, 3.8) is 0 Å². The third-order valence-electron chi connectivity index (χ3n) is 3.87. The molecule has 4 nitrogen and oxygen atoms in total. The first-order valence-corrected chi connectivity index (χ1v) is 7.41. The van der Waals surface area contributed by atoms with Gasteiger partial charge < -0.3 is 15.5 Å². The molecule has 0 atom stereocenters. The molecule has 1 heterocycles. The number of nitrogens with two attached hydrogens (primary N) is 1. The van der Waals surface area contributed by atoms with Gasteiger partial charge in [0.1, 0.15) is 16.6 Å². The first-order chi connectivity index (χ1) is 10.0. The maximum atomic E-state index is 9.14. The van der Waals surface area contributed by atoms with Crippen LogP contribution in [0, 0.1) is 18.3 Å². The van der Waals surface area contributed by atoms with Gasteiger partial charge in [0.15, 0.2) is 0 Å². The van der Waals surface area contributed by atoms with E-state index >= 15 is 0 Å². The molecule has 21 heavy (non-hydrogen) atoms. The summed E-state index contributed by atoms with van der Waals surface area (Å²) in [7, 11) is 0. The Balaban J connectivity index is 2.05. The molecule has 5 heteroatoms.